The van der Waals surface area contributed by atoms with E-state index in [1.807, 2.05) is 6.08 Å². The van der Waals surface area contributed by atoms with Crippen molar-refractivity contribution in [3.8, 4) is 0 Å². The standard InChI is InChI=1S/C11H13Br/c1-2-3-5-10-6-4-7-11(8-10)9-12/h2,4,6-8H,1,3,5,9H2. The van der Waals surface area contributed by atoms with Crippen molar-refractivity contribution in [3.05, 3.63) is 48.0 Å². The molecular weight excluding hydrogens is 212 g/mol. The maximum Gasteiger partial charge on any atom is 0.0283 e. The van der Waals surface area contributed by atoms with Crippen LogP contribution in [0.1, 0.15) is 17.5 Å². The number of alkyl halides is 1. The highest BCUT2D eigenvalue weighted by Gasteiger charge is 1.92. The Bertz CT molecular complexity index is 253. The van der Waals surface area contributed by atoms with Crippen LogP contribution in [0.15, 0.2) is 36.9 Å². The molecule has 1 aromatic rings. The summed E-state index contributed by atoms with van der Waals surface area (Å²) in [4.78, 5) is 0. The second-order valence-corrected chi connectivity index (χ2v) is 3.34. The predicted octanol–water partition coefficient (Wildman–Crippen LogP) is 3.70. The Labute approximate surface area is 82.4 Å². The fraction of sp³-hybridized carbons (Fsp3) is 0.273. The van der Waals surface area contributed by atoms with Crippen molar-refractivity contribution >= 4 is 15.9 Å². The van der Waals surface area contributed by atoms with Crippen LogP contribution in [0.3, 0.4) is 0 Å². The number of allylic oxidation sites excluding steroid dienone is 1. The van der Waals surface area contributed by atoms with Crippen LogP contribution >= 0.6 is 15.9 Å². The Balaban J connectivity index is 2.65. The first-order valence-electron chi connectivity index (χ1n) is 4.11. The van der Waals surface area contributed by atoms with Gasteiger partial charge in [0.05, 0.1) is 0 Å². The van der Waals surface area contributed by atoms with Gasteiger partial charge < -0.3 is 0 Å². The van der Waals surface area contributed by atoms with E-state index >= 15 is 0 Å². The molecule has 0 aliphatic heterocycles. The zero-order valence-corrected chi connectivity index (χ0v) is 8.68. The van der Waals surface area contributed by atoms with Crippen LogP contribution in [0.5, 0.6) is 0 Å². The van der Waals surface area contributed by atoms with Crippen molar-refractivity contribution in [2.24, 2.45) is 0 Å². The lowest BCUT2D eigenvalue weighted by Gasteiger charge is -2.00. The molecule has 0 amide bonds. The molecule has 0 heterocycles. The van der Waals surface area contributed by atoms with Gasteiger partial charge in [-0.2, -0.15) is 0 Å². The van der Waals surface area contributed by atoms with Gasteiger partial charge in [-0.05, 0) is 24.0 Å². The maximum absolute atomic E-state index is 3.71. The summed E-state index contributed by atoms with van der Waals surface area (Å²) in [5, 5.41) is 0.939. The fourth-order valence-electron chi connectivity index (χ4n) is 1.14. The molecule has 0 radical (unpaired) electrons. The molecule has 0 atom stereocenters. The van der Waals surface area contributed by atoms with Gasteiger partial charge in [0.2, 0.25) is 0 Å². The van der Waals surface area contributed by atoms with Crippen molar-refractivity contribution in [3.63, 3.8) is 0 Å². The summed E-state index contributed by atoms with van der Waals surface area (Å²) in [6.07, 6.45) is 4.12. The summed E-state index contributed by atoms with van der Waals surface area (Å²) < 4.78 is 0. The molecule has 0 saturated carbocycles. The van der Waals surface area contributed by atoms with Gasteiger partial charge in [-0.3, -0.25) is 0 Å². The van der Waals surface area contributed by atoms with E-state index in [0.29, 0.717) is 0 Å². The minimum absolute atomic E-state index is 0.939. The highest BCUT2D eigenvalue weighted by Crippen LogP contribution is 2.10. The minimum atomic E-state index is 0.939. The molecule has 0 aliphatic carbocycles. The van der Waals surface area contributed by atoms with Crippen LogP contribution in [0.2, 0.25) is 0 Å². The predicted molar refractivity (Wildman–Crippen MR) is 57.6 cm³/mol. The lowest BCUT2D eigenvalue weighted by molar-refractivity contribution is 1.00. The normalized spacial score (nSPS) is 9.75. The zero-order chi connectivity index (χ0) is 8.81. The molecule has 64 valence electrons. The molecule has 1 rings (SSSR count). The number of hydrogen-bond acceptors (Lipinski definition) is 0. The Morgan fingerprint density at radius 2 is 2.08 bits per heavy atom. The summed E-state index contributed by atoms with van der Waals surface area (Å²) in [7, 11) is 0. The van der Waals surface area contributed by atoms with E-state index in [9.17, 15) is 0 Å². The second kappa shape index (κ2) is 5.15. The first-order valence-corrected chi connectivity index (χ1v) is 5.23. The van der Waals surface area contributed by atoms with E-state index in [-0.39, 0.29) is 0 Å². The summed E-state index contributed by atoms with van der Waals surface area (Å²) in [5.41, 5.74) is 2.74. The molecule has 0 spiro atoms. The highest BCUT2D eigenvalue weighted by atomic mass is 79.9. The van der Waals surface area contributed by atoms with Crippen molar-refractivity contribution < 1.29 is 0 Å². The van der Waals surface area contributed by atoms with Crippen LogP contribution < -0.4 is 0 Å². The molecular formula is C11H13Br. The van der Waals surface area contributed by atoms with Crippen LogP contribution in [0, 0.1) is 0 Å². The summed E-state index contributed by atoms with van der Waals surface area (Å²) >= 11 is 3.44. The molecule has 0 saturated heterocycles. The quantitative estimate of drug-likeness (QED) is 0.541. The van der Waals surface area contributed by atoms with Gasteiger partial charge in [-0.25, -0.2) is 0 Å². The van der Waals surface area contributed by atoms with Crippen molar-refractivity contribution in [2.45, 2.75) is 18.2 Å². The average Bonchev–Trinajstić information content (AvgIpc) is 2.15. The third kappa shape index (κ3) is 2.82. The molecule has 0 bridgehead atoms. The van der Waals surface area contributed by atoms with Crippen molar-refractivity contribution in [1.82, 2.24) is 0 Å². The zero-order valence-electron chi connectivity index (χ0n) is 7.09. The number of aryl methyl sites for hydroxylation is 1. The molecule has 12 heavy (non-hydrogen) atoms. The Morgan fingerprint density at radius 3 is 2.75 bits per heavy atom. The minimum Gasteiger partial charge on any atom is -0.103 e. The van der Waals surface area contributed by atoms with Crippen LogP contribution in [0.4, 0.5) is 0 Å². The Kier molecular flexibility index (Phi) is 4.09. The molecule has 0 nitrogen and oxygen atoms in total. The van der Waals surface area contributed by atoms with Gasteiger partial charge >= 0.3 is 0 Å². The lowest BCUT2D eigenvalue weighted by atomic mass is 10.1. The first kappa shape index (κ1) is 9.53. The van der Waals surface area contributed by atoms with Gasteiger partial charge in [0, 0.05) is 5.33 Å². The second-order valence-electron chi connectivity index (χ2n) is 2.78. The van der Waals surface area contributed by atoms with E-state index < -0.39 is 0 Å². The van der Waals surface area contributed by atoms with Crippen LogP contribution in [-0.4, -0.2) is 0 Å². The van der Waals surface area contributed by atoms with E-state index in [1.54, 1.807) is 0 Å². The van der Waals surface area contributed by atoms with E-state index in [4.69, 9.17) is 0 Å². The lowest BCUT2D eigenvalue weighted by Crippen LogP contribution is -1.85. The highest BCUT2D eigenvalue weighted by molar-refractivity contribution is 9.08. The van der Waals surface area contributed by atoms with E-state index in [1.165, 1.54) is 11.1 Å². The van der Waals surface area contributed by atoms with E-state index in [2.05, 4.69) is 46.8 Å². The van der Waals surface area contributed by atoms with Gasteiger partial charge in [0.1, 0.15) is 0 Å². The van der Waals surface area contributed by atoms with Crippen molar-refractivity contribution in [2.75, 3.05) is 0 Å². The smallest absolute Gasteiger partial charge is 0.0283 e. The molecule has 0 aliphatic rings. The number of benzene rings is 1. The van der Waals surface area contributed by atoms with Gasteiger partial charge in [0.25, 0.3) is 0 Å². The molecule has 0 aromatic heterocycles. The average molecular weight is 225 g/mol. The number of rotatable bonds is 4. The molecule has 0 unspecified atom stereocenters. The van der Waals surface area contributed by atoms with Gasteiger partial charge in [-0.1, -0.05) is 46.3 Å². The summed E-state index contributed by atoms with van der Waals surface area (Å²) in [6, 6.07) is 8.63. The van der Waals surface area contributed by atoms with Gasteiger partial charge in [-0.15, -0.1) is 6.58 Å². The Morgan fingerprint density at radius 1 is 1.33 bits per heavy atom. The monoisotopic (exact) mass is 224 g/mol. The van der Waals surface area contributed by atoms with Crippen LogP contribution in [0.25, 0.3) is 0 Å². The molecule has 1 heteroatoms. The summed E-state index contributed by atoms with van der Waals surface area (Å²) in [6.45, 7) is 3.71. The number of hydrogen-bond donors (Lipinski definition) is 0. The third-order valence-electron chi connectivity index (χ3n) is 1.78. The molecule has 0 fully saturated rings. The van der Waals surface area contributed by atoms with E-state index in [0.717, 1.165) is 18.2 Å². The SMILES string of the molecule is C=CCCc1cccc(CBr)c1. The fourth-order valence-corrected chi connectivity index (χ4v) is 1.49. The topological polar surface area (TPSA) is 0 Å². The van der Waals surface area contributed by atoms with Gasteiger partial charge in [0.15, 0.2) is 0 Å². The largest absolute Gasteiger partial charge is 0.103 e. The maximum atomic E-state index is 3.71. The molecule has 0 N–H and O–H groups in total. The van der Waals surface area contributed by atoms with Crippen LogP contribution in [-0.2, 0) is 11.8 Å². The summed E-state index contributed by atoms with van der Waals surface area (Å²) in [5.74, 6) is 0. The molecule has 1 aromatic carbocycles. The Hall–Kier alpha value is -0.560. The first-order chi connectivity index (χ1) is 5.86. The third-order valence-corrected chi connectivity index (χ3v) is 2.43. The number of halogens is 1. The van der Waals surface area contributed by atoms with Crippen molar-refractivity contribution in [1.29, 1.82) is 0 Å².